The second-order valence-corrected chi connectivity index (χ2v) is 4.77. The molecule has 1 unspecified atom stereocenters. The predicted molar refractivity (Wildman–Crippen MR) is 74.2 cm³/mol. The highest BCUT2D eigenvalue weighted by molar-refractivity contribution is 5.75. The third-order valence-corrected chi connectivity index (χ3v) is 3.22. The minimum absolute atomic E-state index is 0.220. The van der Waals surface area contributed by atoms with Gasteiger partial charge in [-0.05, 0) is 50.9 Å². The maximum atomic E-state index is 11.1. The molecule has 1 N–H and O–H groups in total. The molecule has 0 spiro atoms. The molecule has 0 radical (unpaired) electrons. The summed E-state index contributed by atoms with van der Waals surface area (Å²) in [6.07, 6.45) is 1.44. The lowest BCUT2D eigenvalue weighted by molar-refractivity contribution is -0.117. The number of ketones is 1. The van der Waals surface area contributed by atoms with Gasteiger partial charge in [0.05, 0.1) is 7.11 Å². The molecule has 0 saturated heterocycles. The monoisotopic (exact) mass is 249 g/mol. The van der Waals surface area contributed by atoms with E-state index in [1.54, 1.807) is 14.0 Å². The molecule has 3 nitrogen and oxygen atoms in total. The Morgan fingerprint density at radius 2 is 1.89 bits per heavy atom. The summed E-state index contributed by atoms with van der Waals surface area (Å²) in [6.45, 7) is 5.73. The van der Waals surface area contributed by atoms with Gasteiger partial charge in [-0.1, -0.05) is 12.1 Å². The van der Waals surface area contributed by atoms with Gasteiger partial charge in [0.25, 0.3) is 0 Å². The molecule has 0 heterocycles. The van der Waals surface area contributed by atoms with E-state index in [0.29, 0.717) is 6.42 Å². The van der Waals surface area contributed by atoms with E-state index in [-0.39, 0.29) is 11.8 Å². The van der Waals surface area contributed by atoms with Crippen LogP contribution in [0, 0.1) is 13.8 Å². The zero-order valence-electron chi connectivity index (χ0n) is 12.0. The molecule has 18 heavy (non-hydrogen) atoms. The number of hydrogen-bond donors (Lipinski definition) is 1. The zero-order valence-corrected chi connectivity index (χ0v) is 12.0. The summed E-state index contributed by atoms with van der Waals surface area (Å²) < 4.78 is 5.37. The molecular weight excluding hydrogens is 226 g/mol. The molecule has 100 valence electrons. The molecule has 0 bridgehead atoms. The lowest BCUT2D eigenvalue weighted by Crippen LogP contribution is -2.17. The molecule has 1 aromatic rings. The summed E-state index contributed by atoms with van der Waals surface area (Å²) >= 11 is 0. The molecule has 0 aromatic heterocycles. The number of methoxy groups -OCH3 is 1. The number of benzene rings is 1. The second-order valence-electron chi connectivity index (χ2n) is 4.77. The first-order valence-corrected chi connectivity index (χ1v) is 6.31. The Morgan fingerprint density at radius 3 is 2.28 bits per heavy atom. The zero-order chi connectivity index (χ0) is 13.7. The van der Waals surface area contributed by atoms with Crippen LogP contribution in [0.15, 0.2) is 12.1 Å². The van der Waals surface area contributed by atoms with Gasteiger partial charge >= 0.3 is 0 Å². The molecule has 0 amide bonds. The van der Waals surface area contributed by atoms with E-state index in [1.807, 2.05) is 20.9 Å². The van der Waals surface area contributed by atoms with Crippen molar-refractivity contribution in [1.82, 2.24) is 5.32 Å². The minimum Gasteiger partial charge on any atom is -0.496 e. The molecule has 0 aliphatic rings. The topological polar surface area (TPSA) is 38.3 Å². The van der Waals surface area contributed by atoms with Crippen LogP contribution in [0.3, 0.4) is 0 Å². The first kappa shape index (κ1) is 14.7. The van der Waals surface area contributed by atoms with E-state index >= 15 is 0 Å². The van der Waals surface area contributed by atoms with Crippen LogP contribution in [0.1, 0.15) is 42.5 Å². The highest BCUT2D eigenvalue weighted by Crippen LogP contribution is 2.28. The summed E-state index contributed by atoms with van der Waals surface area (Å²) in [6, 6.07) is 4.48. The number of rotatable bonds is 6. The Morgan fingerprint density at radius 1 is 1.33 bits per heavy atom. The van der Waals surface area contributed by atoms with E-state index < -0.39 is 0 Å². The molecule has 1 atom stereocenters. The van der Waals surface area contributed by atoms with E-state index in [9.17, 15) is 4.79 Å². The smallest absolute Gasteiger partial charge is 0.129 e. The van der Waals surface area contributed by atoms with E-state index in [1.165, 1.54) is 5.56 Å². The van der Waals surface area contributed by atoms with Crippen molar-refractivity contribution < 1.29 is 9.53 Å². The highest BCUT2D eigenvalue weighted by atomic mass is 16.5. The summed E-state index contributed by atoms with van der Waals surface area (Å²) in [7, 11) is 3.63. The minimum atomic E-state index is 0.220. The van der Waals surface area contributed by atoms with Gasteiger partial charge in [-0.3, -0.25) is 0 Å². The van der Waals surface area contributed by atoms with Crippen molar-refractivity contribution in [2.75, 3.05) is 14.2 Å². The van der Waals surface area contributed by atoms with Crippen molar-refractivity contribution in [2.45, 2.75) is 39.7 Å². The highest BCUT2D eigenvalue weighted by Gasteiger charge is 2.13. The van der Waals surface area contributed by atoms with Crippen LogP contribution in [-0.2, 0) is 4.79 Å². The maximum Gasteiger partial charge on any atom is 0.129 e. The molecule has 0 aliphatic carbocycles. The fraction of sp³-hybridized carbons (Fsp3) is 0.533. The summed E-state index contributed by atoms with van der Waals surface area (Å²) in [5.74, 6) is 1.18. The average molecular weight is 249 g/mol. The van der Waals surface area contributed by atoms with Gasteiger partial charge in [0.2, 0.25) is 0 Å². The first-order valence-electron chi connectivity index (χ1n) is 6.31. The van der Waals surface area contributed by atoms with Gasteiger partial charge in [0.15, 0.2) is 0 Å². The van der Waals surface area contributed by atoms with Crippen LogP contribution in [0.2, 0.25) is 0 Å². The average Bonchev–Trinajstić information content (AvgIpc) is 2.29. The number of ether oxygens (including phenoxy) is 1. The number of nitrogens with one attached hydrogen (secondary N) is 1. The lowest BCUT2D eigenvalue weighted by atomic mass is 9.96. The van der Waals surface area contributed by atoms with Crippen LogP contribution in [0.5, 0.6) is 5.75 Å². The normalized spacial score (nSPS) is 12.3. The molecular formula is C15H23NO2. The Bertz CT molecular complexity index is 403. The third kappa shape index (κ3) is 3.57. The SMILES string of the molecule is CNC(CCC(C)=O)c1cc(C)c(OC)c(C)c1. The maximum absolute atomic E-state index is 11.1. The van der Waals surface area contributed by atoms with Crippen LogP contribution in [-0.4, -0.2) is 19.9 Å². The number of aryl methyl sites for hydroxylation is 2. The molecule has 1 aromatic carbocycles. The number of carbonyl (C=O) groups excluding carboxylic acids is 1. The first-order chi connectivity index (χ1) is 8.49. The van der Waals surface area contributed by atoms with Gasteiger partial charge in [-0.25, -0.2) is 0 Å². The number of carbonyl (C=O) groups is 1. The van der Waals surface area contributed by atoms with Crippen LogP contribution in [0.25, 0.3) is 0 Å². The second kappa shape index (κ2) is 6.55. The Hall–Kier alpha value is -1.35. The van der Waals surface area contributed by atoms with Crippen LogP contribution >= 0.6 is 0 Å². The van der Waals surface area contributed by atoms with Gasteiger partial charge < -0.3 is 14.8 Å². The largest absolute Gasteiger partial charge is 0.496 e. The van der Waals surface area contributed by atoms with Crippen molar-refractivity contribution in [3.63, 3.8) is 0 Å². The summed E-state index contributed by atoms with van der Waals surface area (Å²) in [5, 5.41) is 3.27. The van der Waals surface area contributed by atoms with Gasteiger partial charge in [-0.2, -0.15) is 0 Å². The fourth-order valence-corrected chi connectivity index (χ4v) is 2.33. The van der Waals surface area contributed by atoms with Crippen molar-refractivity contribution >= 4 is 5.78 Å². The Labute approximate surface area is 110 Å². The van der Waals surface area contributed by atoms with E-state index in [4.69, 9.17) is 4.74 Å². The number of Topliss-reactive ketones (excluding diaryl/α,β-unsaturated/α-hetero) is 1. The van der Waals surface area contributed by atoms with E-state index in [2.05, 4.69) is 17.4 Å². The van der Waals surface area contributed by atoms with Crippen molar-refractivity contribution in [1.29, 1.82) is 0 Å². The molecule has 0 aliphatic heterocycles. The molecule has 0 fully saturated rings. The Kier molecular flexibility index (Phi) is 5.35. The van der Waals surface area contributed by atoms with Gasteiger partial charge in [0.1, 0.15) is 11.5 Å². The fourth-order valence-electron chi connectivity index (χ4n) is 2.33. The predicted octanol–water partition coefficient (Wildman–Crippen LogP) is 2.94. The van der Waals surface area contributed by atoms with E-state index in [0.717, 1.165) is 23.3 Å². The number of hydrogen-bond acceptors (Lipinski definition) is 3. The Balaban J connectivity index is 2.96. The standard InChI is InChI=1S/C15H23NO2/c1-10-8-13(9-11(2)15(10)18-5)14(16-4)7-6-12(3)17/h8-9,14,16H,6-7H2,1-5H3. The van der Waals surface area contributed by atoms with Crippen LogP contribution in [0.4, 0.5) is 0 Å². The third-order valence-electron chi connectivity index (χ3n) is 3.22. The summed E-state index contributed by atoms with van der Waals surface area (Å²) in [5.41, 5.74) is 3.49. The van der Waals surface area contributed by atoms with Crippen molar-refractivity contribution in [3.05, 3.63) is 28.8 Å². The van der Waals surface area contributed by atoms with Crippen molar-refractivity contribution in [3.8, 4) is 5.75 Å². The quantitative estimate of drug-likeness (QED) is 0.842. The van der Waals surface area contributed by atoms with Crippen molar-refractivity contribution in [2.24, 2.45) is 0 Å². The van der Waals surface area contributed by atoms with Gasteiger partial charge in [-0.15, -0.1) is 0 Å². The molecule has 3 heteroatoms. The molecule has 0 saturated carbocycles. The summed E-state index contributed by atoms with van der Waals surface area (Å²) in [4.78, 5) is 11.1. The lowest BCUT2D eigenvalue weighted by Gasteiger charge is -2.19. The molecule has 1 rings (SSSR count). The van der Waals surface area contributed by atoms with Crippen LogP contribution < -0.4 is 10.1 Å². The van der Waals surface area contributed by atoms with Gasteiger partial charge in [0, 0.05) is 12.5 Å².